The molecule has 0 aromatic heterocycles. The first-order valence-electron chi connectivity index (χ1n) is 6.91. The summed E-state index contributed by atoms with van der Waals surface area (Å²) in [6, 6.07) is 9.27. The highest BCUT2D eigenvalue weighted by atomic mass is 19.4. The Morgan fingerprint density at radius 1 is 1.12 bits per heavy atom. The van der Waals surface area contributed by atoms with Crippen LogP contribution in [0.4, 0.5) is 23.2 Å². The molecular weight excluding hydrogens is 328 g/mol. The van der Waals surface area contributed by atoms with Crippen LogP contribution in [-0.4, -0.2) is 11.0 Å². The second-order valence-electron chi connectivity index (χ2n) is 5.02. The highest BCUT2D eigenvalue weighted by molar-refractivity contribution is 5.78. The summed E-state index contributed by atoms with van der Waals surface area (Å²) in [7, 11) is 0. The van der Waals surface area contributed by atoms with Gasteiger partial charge in [-0.3, -0.25) is 15.6 Å². The third-order valence-electron chi connectivity index (χ3n) is 3.17. The summed E-state index contributed by atoms with van der Waals surface area (Å²) in [6.45, 7) is 0. The number of aliphatic hydroxyl groups excluding tert-OH is 1. The van der Waals surface area contributed by atoms with Crippen LogP contribution in [-0.2, 0) is 11.0 Å². The van der Waals surface area contributed by atoms with Crippen molar-refractivity contribution >= 4 is 11.6 Å². The van der Waals surface area contributed by atoms with Gasteiger partial charge in [0.25, 0.3) is 0 Å². The highest BCUT2D eigenvalue weighted by Gasteiger charge is 2.29. The lowest BCUT2D eigenvalue weighted by atomic mass is 10.1. The van der Waals surface area contributed by atoms with Crippen molar-refractivity contribution in [3.8, 4) is 0 Å². The number of carbonyl (C=O) groups excluding carboxylic acids is 1. The Morgan fingerprint density at radius 3 is 2.38 bits per heavy atom. The molecule has 2 aromatic rings. The molecule has 2 rings (SSSR count). The van der Waals surface area contributed by atoms with Crippen molar-refractivity contribution in [1.82, 2.24) is 5.43 Å². The summed E-state index contributed by atoms with van der Waals surface area (Å²) in [4.78, 5) is 11.7. The Balaban J connectivity index is 1.87. The first-order chi connectivity index (χ1) is 11.3. The molecule has 0 radical (unpaired) electrons. The Morgan fingerprint density at radius 2 is 1.79 bits per heavy atom. The Labute approximate surface area is 135 Å². The molecule has 0 aliphatic carbocycles. The number of benzene rings is 2. The number of nitrogens with one attached hydrogen (secondary N) is 2. The van der Waals surface area contributed by atoms with Crippen LogP contribution in [0, 0.1) is 5.82 Å². The molecule has 4 nitrogen and oxygen atoms in total. The van der Waals surface area contributed by atoms with Crippen LogP contribution < -0.4 is 10.9 Å². The number of rotatable bonds is 5. The van der Waals surface area contributed by atoms with E-state index in [1.54, 1.807) is 0 Å². The van der Waals surface area contributed by atoms with Gasteiger partial charge in [-0.2, -0.15) is 13.2 Å². The molecule has 0 fully saturated rings. The number of hydrogen-bond donors (Lipinski definition) is 3. The van der Waals surface area contributed by atoms with E-state index in [4.69, 9.17) is 0 Å². The van der Waals surface area contributed by atoms with Crippen molar-refractivity contribution in [2.45, 2.75) is 18.7 Å². The predicted molar refractivity (Wildman–Crippen MR) is 79.2 cm³/mol. The van der Waals surface area contributed by atoms with Crippen LogP contribution in [0.5, 0.6) is 0 Å². The molecule has 1 amide bonds. The van der Waals surface area contributed by atoms with Crippen LogP contribution in [0.2, 0.25) is 0 Å². The van der Waals surface area contributed by atoms with Crippen molar-refractivity contribution in [2.24, 2.45) is 0 Å². The minimum atomic E-state index is -4.43. The number of amides is 1. The molecule has 128 valence electrons. The van der Waals surface area contributed by atoms with E-state index in [0.717, 1.165) is 30.3 Å². The lowest BCUT2D eigenvalue weighted by Crippen LogP contribution is -2.30. The molecule has 8 heteroatoms. The quantitative estimate of drug-likeness (QED) is 0.576. The van der Waals surface area contributed by atoms with E-state index in [9.17, 15) is 27.5 Å². The van der Waals surface area contributed by atoms with Crippen LogP contribution in [0.15, 0.2) is 48.5 Å². The molecule has 0 heterocycles. The van der Waals surface area contributed by atoms with Gasteiger partial charge in [-0.1, -0.05) is 12.1 Å². The minimum Gasteiger partial charge on any atom is -0.388 e. The third-order valence-corrected chi connectivity index (χ3v) is 3.17. The van der Waals surface area contributed by atoms with Crippen molar-refractivity contribution in [1.29, 1.82) is 0 Å². The zero-order valence-electron chi connectivity index (χ0n) is 12.3. The van der Waals surface area contributed by atoms with Crippen LogP contribution in [0.3, 0.4) is 0 Å². The second-order valence-corrected chi connectivity index (χ2v) is 5.02. The molecule has 1 atom stereocenters. The van der Waals surface area contributed by atoms with Gasteiger partial charge in [-0.05, 0) is 42.0 Å². The zero-order valence-corrected chi connectivity index (χ0v) is 12.3. The number of halogens is 4. The number of carbonyl (C=O) groups is 1. The maximum atomic E-state index is 13.0. The molecule has 1 unspecified atom stereocenters. The van der Waals surface area contributed by atoms with Gasteiger partial charge in [-0.25, -0.2) is 4.39 Å². The average molecular weight is 342 g/mol. The fourth-order valence-electron chi connectivity index (χ4n) is 1.94. The molecule has 3 N–H and O–H groups in total. The van der Waals surface area contributed by atoms with Gasteiger partial charge < -0.3 is 5.11 Å². The van der Waals surface area contributed by atoms with E-state index >= 15 is 0 Å². The fraction of sp³-hybridized carbons (Fsp3) is 0.188. The Kier molecular flexibility index (Phi) is 5.40. The first kappa shape index (κ1) is 17.7. The number of alkyl halides is 3. The monoisotopic (exact) mass is 342 g/mol. The molecule has 0 aliphatic heterocycles. The molecule has 0 saturated carbocycles. The predicted octanol–water partition coefficient (Wildman–Crippen LogP) is 3.41. The Hall–Kier alpha value is -2.61. The van der Waals surface area contributed by atoms with Gasteiger partial charge in [0.15, 0.2) is 0 Å². The van der Waals surface area contributed by atoms with Gasteiger partial charge in [0, 0.05) is 0 Å². The fourth-order valence-corrected chi connectivity index (χ4v) is 1.94. The van der Waals surface area contributed by atoms with E-state index in [2.05, 4.69) is 10.9 Å². The third kappa shape index (κ3) is 4.95. The summed E-state index contributed by atoms with van der Waals surface area (Å²) in [6.07, 6.45) is -5.97. The summed E-state index contributed by atoms with van der Waals surface area (Å²) in [5.41, 5.74) is 4.38. The van der Waals surface area contributed by atoms with E-state index in [-0.39, 0.29) is 17.7 Å². The van der Waals surface area contributed by atoms with Crippen molar-refractivity contribution in [2.75, 3.05) is 5.43 Å². The average Bonchev–Trinajstić information content (AvgIpc) is 2.52. The van der Waals surface area contributed by atoms with Crippen LogP contribution in [0.1, 0.15) is 23.7 Å². The standard InChI is InChI=1S/C16H14F4N2O2/c17-12-3-1-2-10(8-12)14(23)9-15(24)22-21-13-6-4-11(5-7-13)16(18,19)20/h1-8,14,21,23H,9H2,(H,22,24). The second kappa shape index (κ2) is 7.31. The molecule has 0 saturated heterocycles. The van der Waals surface area contributed by atoms with Crippen LogP contribution in [0.25, 0.3) is 0 Å². The van der Waals surface area contributed by atoms with Crippen molar-refractivity contribution in [3.05, 3.63) is 65.5 Å². The summed E-state index contributed by atoms with van der Waals surface area (Å²) in [5, 5.41) is 9.86. The topological polar surface area (TPSA) is 61.4 Å². The molecular formula is C16H14F4N2O2. The SMILES string of the molecule is O=C(CC(O)c1cccc(F)c1)NNc1ccc(C(F)(F)F)cc1. The van der Waals surface area contributed by atoms with E-state index < -0.39 is 29.6 Å². The number of aliphatic hydroxyl groups is 1. The zero-order chi connectivity index (χ0) is 17.7. The normalized spacial score (nSPS) is 12.5. The van der Waals surface area contributed by atoms with E-state index in [1.807, 2.05) is 0 Å². The van der Waals surface area contributed by atoms with Crippen LogP contribution >= 0.6 is 0 Å². The highest BCUT2D eigenvalue weighted by Crippen LogP contribution is 2.29. The molecule has 0 bridgehead atoms. The summed E-state index contributed by atoms with van der Waals surface area (Å²) in [5.74, 6) is -1.14. The number of hydrazine groups is 1. The van der Waals surface area contributed by atoms with Crippen molar-refractivity contribution in [3.63, 3.8) is 0 Å². The Bertz CT molecular complexity index is 702. The van der Waals surface area contributed by atoms with Gasteiger partial charge in [0.1, 0.15) is 5.82 Å². The minimum absolute atomic E-state index is 0.247. The van der Waals surface area contributed by atoms with E-state index in [1.165, 1.54) is 18.2 Å². The lowest BCUT2D eigenvalue weighted by molar-refractivity contribution is -0.137. The van der Waals surface area contributed by atoms with Crippen molar-refractivity contribution < 1.29 is 27.5 Å². The number of hydrogen-bond acceptors (Lipinski definition) is 3. The van der Waals surface area contributed by atoms with Gasteiger partial charge in [0.2, 0.25) is 5.91 Å². The molecule has 24 heavy (non-hydrogen) atoms. The smallest absolute Gasteiger partial charge is 0.388 e. The molecule has 2 aromatic carbocycles. The molecule has 0 aliphatic rings. The maximum Gasteiger partial charge on any atom is 0.416 e. The van der Waals surface area contributed by atoms with Gasteiger partial charge in [0.05, 0.1) is 23.8 Å². The largest absolute Gasteiger partial charge is 0.416 e. The maximum absolute atomic E-state index is 13.0. The van der Waals surface area contributed by atoms with E-state index in [0.29, 0.717) is 0 Å². The lowest BCUT2D eigenvalue weighted by Gasteiger charge is -2.13. The number of anilines is 1. The van der Waals surface area contributed by atoms with Gasteiger partial charge in [-0.15, -0.1) is 0 Å². The first-order valence-corrected chi connectivity index (χ1v) is 6.91. The van der Waals surface area contributed by atoms with Gasteiger partial charge >= 0.3 is 6.18 Å². The summed E-state index contributed by atoms with van der Waals surface area (Å²) >= 11 is 0. The summed E-state index contributed by atoms with van der Waals surface area (Å²) < 4.78 is 50.3. The molecule has 0 spiro atoms.